The molecule has 0 saturated carbocycles. The van der Waals surface area contributed by atoms with Crippen molar-refractivity contribution in [3.05, 3.63) is 47.1 Å². The van der Waals surface area contributed by atoms with E-state index in [1.54, 1.807) is 5.57 Å². The third kappa shape index (κ3) is 12.4. The third-order valence-electron chi connectivity index (χ3n) is 5.53. The van der Waals surface area contributed by atoms with Crippen molar-refractivity contribution < 1.29 is 0 Å². The average Bonchev–Trinajstić information content (AvgIpc) is 2.51. The van der Waals surface area contributed by atoms with Gasteiger partial charge in [0.25, 0.3) is 0 Å². The summed E-state index contributed by atoms with van der Waals surface area (Å²) in [5, 5.41) is 0. The molecule has 28 heavy (non-hydrogen) atoms. The van der Waals surface area contributed by atoms with E-state index in [-0.39, 0.29) is 0 Å². The Morgan fingerprint density at radius 3 is 2.04 bits per heavy atom. The first kappa shape index (κ1) is 27.0. The second-order valence-corrected chi connectivity index (χ2v) is 11.5. The fourth-order valence-corrected chi connectivity index (χ4v) is 3.65. The van der Waals surface area contributed by atoms with Gasteiger partial charge >= 0.3 is 0 Å². The highest BCUT2D eigenvalue weighted by Crippen LogP contribution is 2.42. The number of hydrogen-bond acceptors (Lipinski definition) is 0. The van der Waals surface area contributed by atoms with Crippen LogP contribution < -0.4 is 0 Å². The molecular weight excluding hydrogens is 336 g/mol. The molecule has 0 heteroatoms. The summed E-state index contributed by atoms with van der Waals surface area (Å²) in [5.74, 6) is 1.37. The van der Waals surface area contributed by atoms with Crippen molar-refractivity contribution in [2.75, 3.05) is 0 Å². The maximum atomic E-state index is 4.14. The summed E-state index contributed by atoms with van der Waals surface area (Å²) in [6.07, 6.45) is 13.3. The number of allylic oxidation sites excluding steroid dienone is 7. The average molecular weight is 387 g/mol. The summed E-state index contributed by atoms with van der Waals surface area (Å²) < 4.78 is 0. The largest absolute Gasteiger partial charge is 0.0998 e. The van der Waals surface area contributed by atoms with Gasteiger partial charge in [-0.1, -0.05) is 88.6 Å². The SMILES string of the molecule is C=C(C)C1CCC(C)=CC1C(C)(C)C.CC(C)=CCC/C(C)=C/CC(C)(C)C. The molecule has 1 aliphatic carbocycles. The van der Waals surface area contributed by atoms with Crippen molar-refractivity contribution in [2.24, 2.45) is 22.7 Å². The first-order valence-electron chi connectivity index (χ1n) is 11.2. The lowest BCUT2D eigenvalue weighted by molar-refractivity contribution is 0.210. The van der Waals surface area contributed by atoms with Crippen LogP contribution in [-0.4, -0.2) is 0 Å². The highest BCUT2D eigenvalue weighted by Gasteiger charge is 2.32. The molecule has 0 heterocycles. The summed E-state index contributed by atoms with van der Waals surface area (Å²) in [5.41, 5.74) is 6.66. The molecule has 0 saturated heterocycles. The molecule has 0 nitrogen and oxygen atoms in total. The zero-order valence-corrected chi connectivity index (χ0v) is 21.1. The summed E-state index contributed by atoms with van der Waals surface area (Å²) in [7, 11) is 0. The molecular formula is C28H50. The lowest BCUT2D eigenvalue weighted by Gasteiger charge is -2.39. The smallest absolute Gasteiger partial charge is 0.0117 e. The van der Waals surface area contributed by atoms with Gasteiger partial charge in [0.05, 0.1) is 0 Å². The van der Waals surface area contributed by atoms with Gasteiger partial charge in [-0.05, 0) is 89.4 Å². The maximum Gasteiger partial charge on any atom is -0.0117 e. The van der Waals surface area contributed by atoms with Gasteiger partial charge in [-0.25, -0.2) is 0 Å². The molecule has 0 N–H and O–H groups in total. The Balaban J connectivity index is 0.000000521. The predicted molar refractivity (Wildman–Crippen MR) is 131 cm³/mol. The first-order chi connectivity index (χ1) is 12.6. The van der Waals surface area contributed by atoms with E-state index < -0.39 is 0 Å². The molecule has 0 amide bonds. The van der Waals surface area contributed by atoms with E-state index in [9.17, 15) is 0 Å². The van der Waals surface area contributed by atoms with Crippen LogP contribution in [0.2, 0.25) is 0 Å². The third-order valence-corrected chi connectivity index (χ3v) is 5.53. The monoisotopic (exact) mass is 386 g/mol. The minimum atomic E-state index is 0.366. The van der Waals surface area contributed by atoms with Crippen molar-refractivity contribution in [3.8, 4) is 0 Å². The van der Waals surface area contributed by atoms with Crippen molar-refractivity contribution in [2.45, 2.75) is 108 Å². The van der Waals surface area contributed by atoms with E-state index in [1.165, 1.54) is 48.8 Å². The fraction of sp³-hybridized carbons (Fsp3) is 0.714. The normalized spacial score (nSPS) is 20.7. The quantitative estimate of drug-likeness (QED) is 0.412. The second kappa shape index (κ2) is 11.8. The van der Waals surface area contributed by atoms with Gasteiger partial charge in [-0.15, -0.1) is 0 Å². The number of hydrogen-bond donors (Lipinski definition) is 0. The molecule has 2 unspecified atom stereocenters. The highest BCUT2D eigenvalue weighted by atomic mass is 14.4. The topological polar surface area (TPSA) is 0 Å². The Kier molecular flexibility index (Phi) is 11.4. The van der Waals surface area contributed by atoms with Gasteiger partial charge in [0, 0.05) is 0 Å². The summed E-state index contributed by atoms with van der Waals surface area (Å²) in [6.45, 7) is 29.0. The zero-order valence-electron chi connectivity index (χ0n) is 21.1. The molecule has 0 radical (unpaired) electrons. The Bertz CT molecular complexity index is 562. The van der Waals surface area contributed by atoms with Gasteiger partial charge in [-0.2, -0.15) is 0 Å². The second-order valence-electron chi connectivity index (χ2n) is 11.5. The van der Waals surface area contributed by atoms with Crippen molar-refractivity contribution in [1.82, 2.24) is 0 Å². The minimum absolute atomic E-state index is 0.366. The Labute approximate surface area is 178 Å². The van der Waals surface area contributed by atoms with Crippen molar-refractivity contribution in [1.29, 1.82) is 0 Å². The molecule has 2 atom stereocenters. The molecule has 0 spiro atoms. The Morgan fingerprint density at radius 2 is 1.61 bits per heavy atom. The van der Waals surface area contributed by atoms with Crippen LogP contribution in [0.25, 0.3) is 0 Å². The maximum absolute atomic E-state index is 4.14. The molecule has 0 bridgehead atoms. The van der Waals surface area contributed by atoms with Crippen LogP contribution in [0, 0.1) is 22.7 Å². The summed E-state index contributed by atoms with van der Waals surface area (Å²) in [4.78, 5) is 0. The van der Waals surface area contributed by atoms with Crippen LogP contribution in [0.1, 0.15) is 108 Å². The van der Waals surface area contributed by atoms with Crippen LogP contribution in [0.4, 0.5) is 0 Å². The molecule has 0 aromatic heterocycles. The van der Waals surface area contributed by atoms with Gasteiger partial charge < -0.3 is 0 Å². The summed E-state index contributed by atoms with van der Waals surface area (Å²) >= 11 is 0. The highest BCUT2D eigenvalue weighted by molar-refractivity contribution is 5.16. The van der Waals surface area contributed by atoms with Crippen LogP contribution >= 0.6 is 0 Å². The van der Waals surface area contributed by atoms with E-state index in [4.69, 9.17) is 0 Å². The molecule has 0 aromatic carbocycles. The minimum Gasteiger partial charge on any atom is -0.0998 e. The summed E-state index contributed by atoms with van der Waals surface area (Å²) in [6, 6.07) is 0. The van der Waals surface area contributed by atoms with Crippen molar-refractivity contribution >= 4 is 0 Å². The lowest BCUT2D eigenvalue weighted by Crippen LogP contribution is -2.29. The van der Waals surface area contributed by atoms with E-state index in [0.717, 1.165) is 0 Å². The number of rotatable bonds is 5. The molecule has 162 valence electrons. The van der Waals surface area contributed by atoms with Gasteiger partial charge in [0.2, 0.25) is 0 Å². The molecule has 1 rings (SSSR count). The fourth-order valence-electron chi connectivity index (χ4n) is 3.65. The van der Waals surface area contributed by atoms with Crippen LogP contribution in [-0.2, 0) is 0 Å². The van der Waals surface area contributed by atoms with Gasteiger partial charge in [0.1, 0.15) is 0 Å². The Hall–Kier alpha value is -1.04. The van der Waals surface area contributed by atoms with E-state index >= 15 is 0 Å². The predicted octanol–water partition coefficient (Wildman–Crippen LogP) is 9.70. The van der Waals surface area contributed by atoms with Gasteiger partial charge in [-0.3, -0.25) is 0 Å². The van der Waals surface area contributed by atoms with Crippen molar-refractivity contribution in [3.63, 3.8) is 0 Å². The van der Waals surface area contributed by atoms with Crippen LogP contribution in [0.5, 0.6) is 0 Å². The van der Waals surface area contributed by atoms with E-state index in [1.807, 2.05) is 0 Å². The molecule has 0 aliphatic heterocycles. The molecule has 0 fully saturated rings. The van der Waals surface area contributed by atoms with Crippen LogP contribution in [0.15, 0.2) is 47.1 Å². The van der Waals surface area contributed by atoms with E-state index in [2.05, 4.69) is 101 Å². The van der Waals surface area contributed by atoms with Gasteiger partial charge in [0.15, 0.2) is 0 Å². The van der Waals surface area contributed by atoms with E-state index in [0.29, 0.717) is 22.7 Å². The lowest BCUT2D eigenvalue weighted by atomic mass is 9.66. The molecule has 1 aliphatic rings. The first-order valence-corrected chi connectivity index (χ1v) is 11.2. The standard InChI is InChI=1S/C14H24.C14H26/c1-10(2)12-8-7-11(3)9-13(12)14(4,5)6;1-12(2)8-7-9-13(3)10-11-14(4,5)6/h9,12-13H,1,7-8H2,2-6H3;8,10H,7,9,11H2,1-6H3/b;13-10+. The zero-order chi connectivity index (χ0) is 22.1. The molecule has 0 aromatic rings. The Morgan fingerprint density at radius 1 is 1.04 bits per heavy atom. The van der Waals surface area contributed by atoms with Crippen LogP contribution in [0.3, 0.4) is 0 Å².